The molecular weight excluding hydrogens is 352 g/mol. The normalized spacial score (nSPS) is 22.5. The molecule has 1 aromatic carbocycles. The largest absolute Gasteiger partial charge is 0.497 e. The van der Waals surface area contributed by atoms with E-state index in [1.807, 2.05) is 35.9 Å². The van der Waals surface area contributed by atoms with Crippen molar-refractivity contribution in [1.82, 2.24) is 19.7 Å². The van der Waals surface area contributed by atoms with Crippen molar-refractivity contribution in [2.75, 3.05) is 40.3 Å². The van der Waals surface area contributed by atoms with E-state index >= 15 is 0 Å². The lowest BCUT2D eigenvalue weighted by atomic mass is 9.98. The van der Waals surface area contributed by atoms with Crippen molar-refractivity contribution in [2.24, 2.45) is 7.05 Å². The zero-order valence-corrected chi connectivity index (χ0v) is 17.3. The number of likely N-dealkylation sites (tertiary alicyclic amines) is 2. The molecule has 2 aliphatic rings. The first-order valence-electron chi connectivity index (χ1n) is 10.4. The third-order valence-electron chi connectivity index (χ3n) is 6.47. The van der Waals surface area contributed by atoms with Crippen LogP contribution in [0.4, 0.5) is 0 Å². The van der Waals surface area contributed by atoms with Gasteiger partial charge in [-0.3, -0.25) is 9.69 Å². The van der Waals surface area contributed by atoms with E-state index in [2.05, 4.69) is 22.2 Å². The monoisotopic (exact) mass is 384 g/mol. The first-order chi connectivity index (χ1) is 13.5. The number of fused-ring (bicyclic) bond motifs is 1. The molecule has 4 rings (SSSR count). The molecule has 0 bridgehead atoms. The van der Waals surface area contributed by atoms with E-state index in [0.717, 1.165) is 42.6 Å². The lowest BCUT2D eigenvalue weighted by Gasteiger charge is -2.41. The third-order valence-corrected chi connectivity index (χ3v) is 6.47. The number of aryl methyl sites for hydroxylation is 1. The summed E-state index contributed by atoms with van der Waals surface area (Å²) in [7, 11) is 5.82. The van der Waals surface area contributed by atoms with Crippen LogP contribution in [0.5, 0.6) is 5.75 Å². The second-order valence-corrected chi connectivity index (χ2v) is 8.36. The van der Waals surface area contributed by atoms with E-state index in [9.17, 15) is 4.79 Å². The van der Waals surface area contributed by atoms with Gasteiger partial charge in [-0.15, -0.1) is 0 Å². The summed E-state index contributed by atoms with van der Waals surface area (Å²) < 4.78 is 7.28. The molecular formula is C22H32N4O2. The highest BCUT2D eigenvalue weighted by Gasteiger charge is 2.29. The summed E-state index contributed by atoms with van der Waals surface area (Å²) in [4.78, 5) is 18.0. The molecule has 0 aliphatic carbocycles. The first kappa shape index (κ1) is 19.3. The Labute approximate surface area is 167 Å². The predicted octanol–water partition coefficient (Wildman–Crippen LogP) is 2.48. The van der Waals surface area contributed by atoms with Gasteiger partial charge in [0.1, 0.15) is 11.4 Å². The topological polar surface area (TPSA) is 49.7 Å². The second-order valence-electron chi connectivity index (χ2n) is 8.36. The lowest BCUT2D eigenvalue weighted by Crippen LogP contribution is -2.53. The number of benzene rings is 1. The van der Waals surface area contributed by atoms with Crippen LogP contribution in [0.15, 0.2) is 24.3 Å². The van der Waals surface area contributed by atoms with Crippen molar-refractivity contribution < 1.29 is 9.53 Å². The molecule has 2 aromatic rings. The SMILES string of the molecule is COc1ccc2c(c1)cc(C(=O)N[C@H]1CCCN(C3CCN(C)CC3)C1)n2C. The van der Waals surface area contributed by atoms with Gasteiger partial charge < -0.3 is 19.5 Å². The number of ether oxygens (including phenoxy) is 1. The molecule has 0 spiro atoms. The fraction of sp³-hybridized carbons (Fsp3) is 0.591. The Balaban J connectivity index is 1.43. The molecule has 1 amide bonds. The molecule has 3 heterocycles. The summed E-state index contributed by atoms with van der Waals surface area (Å²) in [6, 6.07) is 8.78. The van der Waals surface area contributed by atoms with E-state index in [-0.39, 0.29) is 11.9 Å². The molecule has 0 saturated carbocycles. The summed E-state index contributed by atoms with van der Waals surface area (Å²) in [6.07, 6.45) is 4.70. The Kier molecular flexibility index (Phi) is 5.60. The van der Waals surface area contributed by atoms with E-state index in [0.29, 0.717) is 11.7 Å². The van der Waals surface area contributed by atoms with Gasteiger partial charge >= 0.3 is 0 Å². The summed E-state index contributed by atoms with van der Waals surface area (Å²) in [5, 5.41) is 4.33. The molecule has 152 valence electrons. The number of carbonyl (C=O) groups is 1. The second kappa shape index (κ2) is 8.13. The van der Waals surface area contributed by atoms with Gasteiger partial charge in [0, 0.05) is 36.6 Å². The number of hydrogen-bond donors (Lipinski definition) is 1. The van der Waals surface area contributed by atoms with E-state index < -0.39 is 0 Å². The van der Waals surface area contributed by atoms with Crippen LogP contribution in [0, 0.1) is 0 Å². The lowest BCUT2D eigenvalue weighted by molar-refractivity contribution is 0.0761. The van der Waals surface area contributed by atoms with Gasteiger partial charge in [-0.25, -0.2) is 0 Å². The highest BCUT2D eigenvalue weighted by molar-refractivity contribution is 5.99. The zero-order valence-electron chi connectivity index (χ0n) is 17.3. The predicted molar refractivity (Wildman–Crippen MR) is 112 cm³/mol. The zero-order chi connectivity index (χ0) is 19.7. The van der Waals surface area contributed by atoms with Crippen LogP contribution in [0.2, 0.25) is 0 Å². The van der Waals surface area contributed by atoms with Gasteiger partial charge in [0.05, 0.1) is 7.11 Å². The maximum absolute atomic E-state index is 13.0. The molecule has 6 heteroatoms. The minimum atomic E-state index is 0.0212. The first-order valence-corrected chi connectivity index (χ1v) is 10.4. The van der Waals surface area contributed by atoms with Crippen LogP contribution >= 0.6 is 0 Å². The van der Waals surface area contributed by atoms with Crippen LogP contribution in [0.25, 0.3) is 10.9 Å². The Hall–Kier alpha value is -2.05. The minimum absolute atomic E-state index is 0.0212. The molecule has 28 heavy (non-hydrogen) atoms. The number of nitrogens with zero attached hydrogens (tertiary/aromatic N) is 3. The van der Waals surface area contributed by atoms with Crippen molar-refractivity contribution in [3.8, 4) is 5.75 Å². The molecule has 2 fully saturated rings. The molecule has 1 aromatic heterocycles. The van der Waals surface area contributed by atoms with Crippen molar-refractivity contribution in [3.63, 3.8) is 0 Å². The number of carbonyl (C=O) groups excluding carboxylic acids is 1. The van der Waals surface area contributed by atoms with E-state index in [1.54, 1.807) is 7.11 Å². The summed E-state index contributed by atoms with van der Waals surface area (Å²) in [6.45, 7) is 4.49. The van der Waals surface area contributed by atoms with Gasteiger partial charge in [0.25, 0.3) is 5.91 Å². The molecule has 0 radical (unpaired) electrons. The summed E-state index contributed by atoms with van der Waals surface area (Å²) >= 11 is 0. The van der Waals surface area contributed by atoms with Crippen molar-refractivity contribution in [3.05, 3.63) is 30.0 Å². The Morgan fingerprint density at radius 2 is 1.89 bits per heavy atom. The maximum atomic E-state index is 13.0. The van der Waals surface area contributed by atoms with Crippen molar-refractivity contribution in [1.29, 1.82) is 0 Å². The highest BCUT2D eigenvalue weighted by atomic mass is 16.5. The molecule has 1 atom stereocenters. The number of nitrogens with one attached hydrogen (secondary N) is 1. The Morgan fingerprint density at radius 1 is 1.11 bits per heavy atom. The fourth-order valence-electron chi connectivity index (χ4n) is 4.75. The maximum Gasteiger partial charge on any atom is 0.268 e. The number of piperidine rings is 2. The Morgan fingerprint density at radius 3 is 2.64 bits per heavy atom. The van der Waals surface area contributed by atoms with Crippen molar-refractivity contribution >= 4 is 16.8 Å². The van der Waals surface area contributed by atoms with Gasteiger partial charge in [-0.05, 0) is 76.6 Å². The van der Waals surface area contributed by atoms with Crippen LogP contribution in [0.1, 0.15) is 36.2 Å². The number of rotatable bonds is 4. The van der Waals surface area contributed by atoms with Gasteiger partial charge in [0.2, 0.25) is 0 Å². The summed E-state index contributed by atoms with van der Waals surface area (Å²) in [5.74, 6) is 0.832. The summed E-state index contributed by atoms with van der Waals surface area (Å²) in [5.41, 5.74) is 1.75. The number of methoxy groups -OCH3 is 1. The average molecular weight is 385 g/mol. The van der Waals surface area contributed by atoms with Crippen LogP contribution in [0.3, 0.4) is 0 Å². The molecule has 2 saturated heterocycles. The van der Waals surface area contributed by atoms with E-state index in [1.165, 1.54) is 25.9 Å². The molecule has 2 aliphatic heterocycles. The third kappa shape index (κ3) is 3.89. The quantitative estimate of drug-likeness (QED) is 0.880. The smallest absolute Gasteiger partial charge is 0.268 e. The number of hydrogen-bond acceptors (Lipinski definition) is 4. The van der Waals surface area contributed by atoms with Crippen molar-refractivity contribution in [2.45, 2.75) is 37.8 Å². The number of aromatic nitrogens is 1. The average Bonchev–Trinajstić information content (AvgIpc) is 3.04. The standard InChI is InChI=1S/C22H32N4O2/c1-24-11-8-18(9-12-24)26-10-4-5-17(15-26)23-22(27)21-14-16-13-19(28-3)6-7-20(16)25(21)2/h6-7,13-14,17-18H,4-5,8-12,15H2,1-3H3,(H,23,27)/t17-/m0/s1. The van der Waals surface area contributed by atoms with Gasteiger partial charge in [0.15, 0.2) is 0 Å². The number of amides is 1. The van der Waals surface area contributed by atoms with Crippen LogP contribution < -0.4 is 10.1 Å². The van der Waals surface area contributed by atoms with Gasteiger partial charge in [-0.2, -0.15) is 0 Å². The van der Waals surface area contributed by atoms with Crippen LogP contribution in [-0.4, -0.2) is 72.7 Å². The highest BCUT2D eigenvalue weighted by Crippen LogP contribution is 2.25. The minimum Gasteiger partial charge on any atom is -0.497 e. The molecule has 0 unspecified atom stereocenters. The molecule has 6 nitrogen and oxygen atoms in total. The van der Waals surface area contributed by atoms with Crippen LogP contribution in [-0.2, 0) is 7.05 Å². The fourth-order valence-corrected chi connectivity index (χ4v) is 4.75. The van der Waals surface area contributed by atoms with Gasteiger partial charge in [-0.1, -0.05) is 0 Å². The van der Waals surface area contributed by atoms with E-state index in [4.69, 9.17) is 4.74 Å². The molecule has 1 N–H and O–H groups in total. The Bertz CT molecular complexity index is 838.